The highest BCUT2D eigenvalue weighted by atomic mass is 35.5. The van der Waals surface area contributed by atoms with E-state index in [0.717, 1.165) is 10.6 Å². The maximum absolute atomic E-state index is 12.2. The van der Waals surface area contributed by atoms with E-state index in [1.54, 1.807) is 30.3 Å². The van der Waals surface area contributed by atoms with E-state index in [4.69, 9.17) is 21.1 Å². The van der Waals surface area contributed by atoms with Gasteiger partial charge < -0.3 is 9.47 Å². The van der Waals surface area contributed by atoms with E-state index in [2.05, 4.69) is 10.5 Å². The number of rotatable bonds is 8. The fourth-order valence-corrected chi connectivity index (χ4v) is 3.27. The Kier molecular flexibility index (Phi) is 7.24. The fraction of sp³-hybridized carbons (Fsp3) is 0.222. The number of hydrogen-bond acceptors (Lipinski definition) is 6. The van der Waals surface area contributed by atoms with Gasteiger partial charge in [-0.05, 0) is 42.5 Å². The number of hydrogen-bond donors (Lipinski definition) is 1. The smallest absolute Gasteiger partial charge is 0.260 e. The van der Waals surface area contributed by atoms with Crippen molar-refractivity contribution < 1.29 is 22.7 Å². The van der Waals surface area contributed by atoms with Crippen LogP contribution in [0.15, 0.2) is 47.6 Å². The second-order valence-electron chi connectivity index (χ2n) is 5.65. The molecule has 0 aliphatic rings. The van der Waals surface area contributed by atoms with Gasteiger partial charge in [-0.2, -0.15) is 5.10 Å². The molecule has 0 aliphatic heterocycles. The van der Waals surface area contributed by atoms with Gasteiger partial charge in [0.25, 0.3) is 5.91 Å². The van der Waals surface area contributed by atoms with Crippen molar-refractivity contribution in [2.75, 3.05) is 31.3 Å². The zero-order valence-corrected chi connectivity index (χ0v) is 17.1. The molecule has 1 amide bonds. The lowest BCUT2D eigenvalue weighted by Crippen LogP contribution is -2.39. The highest BCUT2D eigenvalue weighted by Gasteiger charge is 2.20. The number of carbonyl (C=O) groups is 1. The Balaban J connectivity index is 2.11. The van der Waals surface area contributed by atoms with Crippen molar-refractivity contribution >= 4 is 39.4 Å². The first-order valence-corrected chi connectivity index (χ1v) is 10.2. The van der Waals surface area contributed by atoms with Gasteiger partial charge in [0.2, 0.25) is 10.0 Å². The Labute approximate surface area is 168 Å². The van der Waals surface area contributed by atoms with Crippen molar-refractivity contribution in [1.82, 2.24) is 5.43 Å². The number of amides is 1. The van der Waals surface area contributed by atoms with Crippen molar-refractivity contribution in [2.24, 2.45) is 5.10 Å². The molecule has 0 heterocycles. The highest BCUT2D eigenvalue weighted by molar-refractivity contribution is 7.92. The molecule has 10 heteroatoms. The molecule has 2 aromatic carbocycles. The van der Waals surface area contributed by atoms with Crippen LogP contribution in [0.1, 0.15) is 5.56 Å². The summed E-state index contributed by atoms with van der Waals surface area (Å²) in [6.07, 6.45) is 2.39. The Bertz CT molecular complexity index is 962. The summed E-state index contributed by atoms with van der Waals surface area (Å²) in [5.41, 5.74) is 3.21. The van der Waals surface area contributed by atoms with Crippen LogP contribution in [0.4, 0.5) is 5.69 Å². The molecule has 0 fully saturated rings. The molecule has 0 aliphatic carbocycles. The van der Waals surface area contributed by atoms with E-state index in [9.17, 15) is 13.2 Å². The summed E-state index contributed by atoms with van der Waals surface area (Å²) < 4.78 is 35.4. The number of halogens is 1. The predicted octanol–water partition coefficient (Wildman–Crippen LogP) is 2.27. The van der Waals surface area contributed by atoms with Gasteiger partial charge in [-0.3, -0.25) is 9.10 Å². The molecule has 0 aromatic heterocycles. The Morgan fingerprint density at radius 2 is 1.86 bits per heavy atom. The summed E-state index contributed by atoms with van der Waals surface area (Å²) in [6, 6.07) is 11.2. The second kappa shape index (κ2) is 9.43. The summed E-state index contributed by atoms with van der Waals surface area (Å²) in [5.74, 6) is 0.524. The topological polar surface area (TPSA) is 97.3 Å². The van der Waals surface area contributed by atoms with Crippen molar-refractivity contribution in [3.63, 3.8) is 0 Å². The molecular formula is C18H20ClN3O5S. The molecular weight excluding hydrogens is 406 g/mol. The molecule has 0 spiro atoms. The molecule has 0 saturated heterocycles. The van der Waals surface area contributed by atoms with Crippen LogP contribution in [0.5, 0.6) is 11.5 Å². The number of nitrogens with zero attached hydrogens (tertiary/aromatic N) is 2. The van der Waals surface area contributed by atoms with Crippen LogP contribution >= 0.6 is 11.6 Å². The van der Waals surface area contributed by atoms with Gasteiger partial charge in [0.15, 0.2) is 0 Å². The number of methoxy groups -OCH3 is 2. The van der Waals surface area contributed by atoms with Crippen LogP contribution in [-0.2, 0) is 14.8 Å². The zero-order chi connectivity index (χ0) is 20.7. The van der Waals surface area contributed by atoms with Crippen molar-refractivity contribution in [1.29, 1.82) is 0 Å². The lowest BCUT2D eigenvalue weighted by molar-refractivity contribution is -0.119. The Morgan fingerprint density at radius 3 is 2.43 bits per heavy atom. The van der Waals surface area contributed by atoms with Crippen LogP contribution < -0.4 is 19.2 Å². The first-order chi connectivity index (χ1) is 13.2. The van der Waals surface area contributed by atoms with E-state index < -0.39 is 22.5 Å². The lowest BCUT2D eigenvalue weighted by Gasteiger charge is -2.21. The summed E-state index contributed by atoms with van der Waals surface area (Å²) >= 11 is 5.82. The minimum absolute atomic E-state index is 0.320. The standard InChI is InChI=1S/C18H20ClN3O5S/c1-26-16-8-9-17(27-2)13(10-16)11-20-21-18(23)12-22(28(3,24)25)15-6-4-14(19)5-7-15/h4-11H,12H2,1-3H3,(H,21,23)/b20-11-. The lowest BCUT2D eigenvalue weighted by atomic mass is 10.2. The van der Waals surface area contributed by atoms with Gasteiger partial charge in [-0.25, -0.2) is 13.8 Å². The number of benzene rings is 2. The van der Waals surface area contributed by atoms with E-state index in [1.165, 1.54) is 32.6 Å². The number of hydrazone groups is 1. The third kappa shape index (κ3) is 5.86. The van der Waals surface area contributed by atoms with Crippen LogP contribution in [0, 0.1) is 0 Å². The number of ether oxygens (including phenoxy) is 2. The first-order valence-electron chi connectivity index (χ1n) is 8.02. The van der Waals surface area contributed by atoms with Crippen molar-refractivity contribution in [3.8, 4) is 11.5 Å². The largest absolute Gasteiger partial charge is 0.497 e. The molecule has 0 unspecified atom stereocenters. The molecule has 0 saturated carbocycles. The van der Waals surface area contributed by atoms with Gasteiger partial charge in [0.05, 0.1) is 32.4 Å². The van der Waals surface area contributed by atoms with Crippen molar-refractivity contribution in [2.45, 2.75) is 0 Å². The number of carbonyl (C=O) groups excluding carboxylic acids is 1. The van der Waals surface area contributed by atoms with E-state index in [1.807, 2.05) is 0 Å². The SMILES string of the molecule is COc1ccc(OC)c(/C=N\NC(=O)CN(c2ccc(Cl)cc2)S(C)(=O)=O)c1. The normalized spacial score (nSPS) is 11.3. The van der Waals surface area contributed by atoms with Crippen LogP contribution in [-0.4, -0.2) is 47.6 Å². The van der Waals surface area contributed by atoms with Crippen molar-refractivity contribution in [3.05, 3.63) is 53.1 Å². The molecule has 2 rings (SSSR count). The Morgan fingerprint density at radius 1 is 1.18 bits per heavy atom. The van der Waals surface area contributed by atoms with Crippen LogP contribution in [0.25, 0.3) is 0 Å². The third-order valence-electron chi connectivity index (χ3n) is 3.63. The van der Waals surface area contributed by atoms with E-state index in [0.29, 0.717) is 27.8 Å². The molecule has 28 heavy (non-hydrogen) atoms. The third-order valence-corrected chi connectivity index (χ3v) is 5.02. The molecule has 0 radical (unpaired) electrons. The number of sulfonamides is 1. The van der Waals surface area contributed by atoms with Crippen LogP contribution in [0.2, 0.25) is 5.02 Å². The van der Waals surface area contributed by atoms with E-state index >= 15 is 0 Å². The highest BCUT2D eigenvalue weighted by Crippen LogP contribution is 2.22. The molecule has 1 N–H and O–H groups in total. The van der Waals surface area contributed by atoms with Crippen LogP contribution in [0.3, 0.4) is 0 Å². The minimum atomic E-state index is -3.68. The summed E-state index contributed by atoms with van der Waals surface area (Å²) in [6.45, 7) is -0.437. The second-order valence-corrected chi connectivity index (χ2v) is 7.99. The summed E-state index contributed by atoms with van der Waals surface area (Å²) in [7, 11) is -0.645. The minimum Gasteiger partial charge on any atom is -0.497 e. The monoisotopic (exact) mass is 425 g/mol. The number of nitrogens with one attached hydrogen (secondary N) is 1. The van der Waals surface area contributed by atoms with Gasteiger partial charge in [-0.1, -0.05) is 11.6 Å². The Hall–Kier alpha value is -2.78. The molecule has 0 bridgehead atoms. The maximum Gasteiger partial charge on any atom is 0.260 e. The predicted molar refractivity (Wildman–Crippen MR) is 109 cm³/mol. The zero-order valence-electron chi connectivity index (χ0n) is 15.5. The summed E-state index contributed by atoms with van der Waals surface area (Å²) in [5, 5.41) is 4.32. The molecule has 2 aromatic rings. The first kappa shape index (κ1) is 21.5. The maximum atomic E-state index is 12.2. The molecule has 0 atom stereocenters. The average molecular weight is 426 g/mol. The number of anilines is 1. The molecule has 150 valence electrons. The quantitative estimate of drug-likeness (QED) is 0.517. The fourth-order valence-electron chi connectivity index (χ4n) is 2.29. The molecule has 8 nitrogen and oxygen atoms in total. The van der Waals surface area contributed by atoms with Gasteiger partial charge >= 0.3 is 0 Å². The average Bonchev–Trinajstić information content (AvgIpc) is 2.66. The van der Waals surface area contributed by atoms with Gasteiger partial charge in [0, 0.05) is 10.6 Å². The van der Waals surface area contributed by atoms with Gasteiger partial charge in [-0.15, -0.1) is 0 Å². The van der Waals surface area contributed by atoms with Gasteiger partial charge in [0.1, 0.15) is 18.0 Å². The summed E-state index contributed by atoms with van der Waals surface area (Å²) in [4.78, 5) is 12.2. The van der Waals surface area contributed by atoms with E-state index in [-0.39, 0.29) is 0 Å².